The van der Waals surface area contributed by atoms with Gasteiger partial charge in [0.2, 0.25) is 11.8 Å². The molecule has 0 aliphatic carbocycles. The fraction of sp³-hybridized carbons (Fsp3) is 0.562. The summed E-state index contributed by atoms with van der Waals surface area (Å²) in [5.41, 5.74) is -0.0158. The van der Waals surface area contributed by atoms with E-state index in [0.29, 0.717) is 36.5 Å². The minimum Gasteiger partial charge on any atom is -0.460 e. The fourth-order valence-electron chi connectivity index (χ4n) is 6.79. The SMILES string of the molecule is Cc1cccc(Cl)c1N1C/C=C\CCC(=O)NC[C@@H](C)OC(=O)[C@@H]2[C@@H]3C=C[C@]4(O3)[C@H](C1=O)N(CCCCCCO)C(=O)[C@@H]24. The molecule has 2 saturated heterocycles. The number of nitrogens with one attached hydrogen (secondary N) is 1. The van der Waals surface area contributed by atoms with Crippen LogP contribution in [-0.2, 0) is 28.7 Å². The standard InChI is InChI=1S/C32H40ClN3O7/c1-20-11-10-12-22(33)27(20)35-16-8-5-6-13-24(38)34-19-21(2)42-31(41)25-23-14-15-32(43-23)26(25)29(39)36(28(32)30(35)40)17-7-3-4-9-18-37/h5,8,10-12,14-15,21,23,25-26,28,37H,3-4,6-7,9,13,16-19H2,1-2H3,(H,34,38)/b8-5-/t21-,23+,25-,26-,28+,32-/m1/s1. The van der Waals surface area contributed by atoms with Crippen molar-refractivity contribution in [2.45, 2.75) is 76.2 Å². The minimum atomic E-state index is -1.34. The van der Waals surface area contributed by atoms with Crippen LogP contribution in [0.5, 0.6) is 0 Å². The number of amides is 3. The zero-order valence-electron chi connectivity index (χ0n) is 24.7. The van der Waals surface area contributed by atoms with E-state index in [2.05, 4.69) is 5.32 Å². The van der Waals surface area contributed by atoms with Crippen molar-refractivity contribution in [3.8, 4) is 0 Å². The van der Waals surface area contributed by atoms with Crippen molar-refractivity contribution < 1.29 is 33.8 Å². The molecule has 4 heterocycles. The number of ether oxygens (including phenoxy) is 2. The number of anilines is 1. The summed E-state index contributed by atoms with van der Waals surface area (Å²) in [4.78, 5) is 58.2. The van der Waals surface area contributed by atoms with Crippen molar-refractivity contribution in [1.82, 2.24) is 10.2 Å². The first kappa shape index (κ1) is 31.2. The Morgan fingerprint density at radius 3 is 2.65 bits per heavy atom. The first-order valence-electron chi connectivity index (χ1n) is 15.2. The number of hydrogen-bond donors (Lipinski definition) is 2. The van der Waals surface area contributed by atoms with Crippen molar-refractivity contribution in [3.05, 3.63) is 53.1 Å². The van der Waals surface area contributed by atoms with Gasteiger partial charge in [0.1, 0.15) is 23.7 Å². The van der Waals surface area contributed by atoms with Gasteiger partial charge in [-0.3, -0.25) is 19.2 Å². The molecule has 0 radical (unpaired) electrons. The second-order valence-corrected chi connectivity index (χ2v) is 12.2. The maximum absolute atomic E-state index is 14.8. The van der Waals surface area contributed by atoms with Gasteiger partial charge in [-0.15, -0.1) is 0 Å². The number of benzene rings is 1. The second-order valence-electron chi connectivity index (χ2n) is 11.8. The topological polar surface area (TPSA) is 125 Å². The van der Waals surface area contributed by atoms with Crippen LogP contribution in [-0.4, -0.2) is 83.8 Å². The molecule has 2 fully saturated rings. The van der Waals surface area contributed by atoms with E-state index in [1.165, 1.54) is 0 Å². The summed E-state index contributed by atoms with van der Waals surface area (Å²) in [7, 11) is 0. The number of unbranched alkanes of at least 4 members (excludes halogenated alkanes) is 3. The molecular weight excluding hydrogens is 574 g/mol. The maximum Gasteiger partial charge on any atom is 0.313 e. The number of para-hydroxylation sites is 1. The molecule has 0 saturated carbocycles. The molecule has 10 nitrogen and oxygen atoms in total. The summed E-state index contributed by atoms with van der Waals surface area (Å²) in [5.74, 6) is -3.29. The summed E-state index contributed by atoms with van der Waals surface area (Å²) >= 11 is 6.69. The average molecular weight is 614 g/mol. The minimum absolute atomic E-state index is 0.0977. The summed E-state index contributed by atoms with van der Waals surface area (Å²) in [5, 5.41) is 12.4. The maximum atomic E-state index is 14.8. The van der Waals surface area contributed by atoms with Gasteiger partial charge in [-0.05, 0) is 44.7 Å². The van der Waals surface area contributed by atoms with E-state index in [1.54, 1.807) is 34.9 Å². The number of likely N-dealkylation sites (tertiary alicyclic amines) is 1. The fourth-order valence-corrected chi connectivity index (χ4v) is 7.11. The zero-order valence-corrected chi connectivity index (χ0v) is 25.4. The van der Waals surface area contributed by atoms with Crippen LogP contribution in [0.3, 0.4) is 0 Å². The van der Waals surface area contributed by atoms with Gasteiger partial charge in [0.15, 0.2) is 0 Å². The first-order chi connectivity index (χ1) is 20.7. The van der Waals surface area contributed by atoms with Gasteiger partial charge < -0.3 is 29.7 Å². The van der Waals surface area contributed by atoms with Gasteiger partial charge in [0, 0.05) is 26.1 Å². The second kappa shape index (κ2) is 13.2. The summed E-state index contributed by atoms with van der Waals surface area (Å²) < 4.78 is 12.2. The van der Waals surface area contributed by atoms with Gasteiger partial charge in [0.05, 0.1) is 29.3 Å². The van der Waals surface area contributed by atoms with E-state index in [9.17, 15) is 24.3 Å². The molecule has 1 aromatic carbocycles. The van der Waals surface area contributed by atoms with Gasteiger partial charge in [-0.25, -0.2) is 0 Å². The van der Waals surface area contributed by atoms with Crippen LogP contribution in [0.4, 0.5) is 5.69 Å². The van der Waals surface area contributed by atoms with E-state index in [-0.39, 0.29) is 43.8 Å². The summed E-state index contributed by atoms with van der Waals surface area (Å²) in [6, 6.07) is 4.38. The van der Waals surface area contributed by atoms with Crippen molar-refractivity contribution in [2.24, 2.45) is 11.8 Å². The number of rotatable bonds is 7. The summed E-state index contributed by atoms with van der Waals surface area (Å²) in [6.07, 6.45) is 9.44. The number of carbonyl (C=O) groups is 4. The number of hydrogen-bond acceptors (Lipinski definition) is 7. The Morgan fingerprint density at radius 1 is 1.09 bits per heavy atom. The Kier molecular flexibility index (Phi) is 9.58. The third kappa shape index (κ3) is 5.97. The highest BCUT2D eigenvalue weighted by molar-refractivity contribution is 6.34. The molecule has 5 rings (SSSR count). The lowest BCUT2D eigenvalue weighted by Gasteiger charge is -2.36. The predicted molar refractivity (Wildman–Crippen MR) is 160 cm³/mol. The first-order valence-corrected chi connectivity index (χ1v) is 15.5. The third-order valence-corrected chi connectivity index (χ3v) is 9.11. The normalized spacial score (nSPS) is 31.8. The van der Waals surface area contributed by atoms with Gasteiger partial charge in [-0.2, -0.15) is 0 Å². The van der Waals surface area contributed by atoms with Crippen LogP contribution >= 0.6 is 11.6 Å². The Balaban J connectivity index is 1.57. The Morgan fingerprint density at radius 2 is 1.88 bits per heavy atom. The van der Waals surface area contributed by atoms with Crippen LogP contribution < -0.4 is 10.2 Å². The molecule has 0 unspecified atom stereocenters. The number of carbonyl (C=O) groups excluding carboxylic acids is 4. The van der Waals surface area contributed by atoms with E-state index in [0.717, 1.165) is 18.4 Å². The molecule has 6 atom stereocenters. The molecule has 5 bridgehead atoms. The zero-order chi connectivity index (χ0) is 30.7. The number of aliphatic hydroxyl groups excluding tert-OH is 1. The van der Waals surface area contributed by atoms with Crippen molar-refractivity contribution in [2.75, 3.05) is 31.1 Å². The lowest BCUT2D eigenvalue weighted by atomic mass is 9.74. The predicted octanol–water partition coefficient (Wildman–Crippen LogP) is 3.08. The molecule has 2 N–H and O–H groups in total. The molecule has 11 heteroatoms. The van der Waals surface area contributed by atoms with Crippen LogP contribution in [0.2, 0.25) is 5.02 Å². The molecule has 1 aromatic rings. The van der Waals surface area contributed by atoms with Crippen LogP contribution in [0.25, 0.3) is 0 Å². The number of fused-ring (bicyclic) bond motifs is 2. The number of esters is 1. The van der Waals surface area contributed by atoms with Gasteiger partial charge in [0.25, 0.3) is 5.91 Å². The Bertz CT molecular complexity index is 1300. The van der Waals surface area contributed by atoms with E-state index in [4.69, 9.17) is 21.1 Å². The molecule has 0 aromatic heterocycles. The van der Waals surface area contributed by atoms with Crippen molar-refractivity contribution in [3.63, 3.8) is 0 Å². The van der Waals surface area contributed by atoms with E-state index < -0.39 is 41.7 Å². The van der Waals surface area contributed by atoms with E-state index in [1.807, 2.05) is 31.2 Å². The summed E-state index contributed by atoms with van der Waals surface area (Å²) in [6.45, 7) is 4.27. The number of nitrogens with zero attached hydrogens (tertiary/aromatic N) is 2. The molecule has 4 aliphatic rings. The quantitative estimate of drug-likeness (QED) is 0.275. The Hall–Kier alpha value is -3.21. The average Bonchev–Trinajstić information content (AvgIpc) is 3.61. The lowest BCUT2D eigenvalue weighted by Crippen LogP contribution is -2.56. The van der Waals surface area contributed by atoms with Crippen molar-refractivity contribution >= 4 is 41.0 Å². The van der Waals surface area contributed by atoms with Crippen molar-refractivity contribution in [1.29, 1.82) is 0 Å². The van der Waals surface area contributed by atoms with Crippen LogP contribution in [0, 0.1) is 18.8 Å². The molecule has 1 spiro atoms. The monoisotopic (exact) mass is 613 g/mol. The van der Waals surface area contributed by atoms with E-state index >= 15 is 0 Å². The van der Waals surface area contributed by atoms with Crippen LogP contribution in [0.15, 0.2) is 42.5 Å². The van der Waals surface area contributed by atoms with Crippen LogP contribution in [0.1, 0.15) is 51.0 Å². The molecule has 4 aliphatic heterocycles. The van der Waals surface area contributed by atoms with Gasteiger partial charge in [-0.1, -0.05) is 60.9 Å². The highest BCUT2D eigenvalue weighted by Crippen LogP contribution is 2.56. The van der Waals surface area contributed by atoms with Gasteiger partial charge >= 0.3 is 5.97 Å². The lowest BCUT2D eigenvalue weighted by molar-refractivity contribution is -0.158. The Labute approximate surface area is 257 Å². The molecular formula is C32H40ClN3O7. The number of aliphatic hydroxyl groups is 1. The molecule has 3 amide bonds. The molecule has 43 heavy (non-hydrogen) atoms. The molecule has 232 valence electrons. The largest absolute Gasteiger partial charge is 0.460 e. The highest BCUT2D eigenvalue weighted by Gasteiger charge is 2.73. The third-order valence-electron chi connectivity index (χ3n) is 8.81. The highest BCUT2D eigenvalue weighted by atomic mass is 35.5. The number of halogens is 1. The smallest absolute Gasteiger partial charge is 0.313 e. The number of allylic oxidation sites excluding steroid dienone is 1. The number of aryl methyl sites for hydroxylation is 1. The number of cyclic esters (lactones) is 1.